The fourth-order valence-electron chi connectivity index (χ4n) is 4.04. The molecule has 1 unspecified atom stereocenters. The van der Waals surface area contributed by atoms with E-state index >= 15 is 0 Å². The SMILES string of the molecule is COc1ccc2nc3c(c(NCC(C)N(C)c4ccccc4)c2c1)CCCC3. The van der Waals surface area contributed by atoms with Gasteiger partial charge in [-0.3, -0.25) is 4.98 Å². The van der Waals surface area contributed by atoms with E-state index in [2.05, 4.69) is 66.7 Å². The minimum absolute atomic E-state index is 0.357. The number of nitrogens with zero attached hydrogens (tertiary/aromatic N) is 2. The van der Waals surface area contributed by atoms with Gasteiger partial charge < -0.3 is 15.0 Å². The summed E-state index contributed by atoms with van der Waals surface area (Å²) >= 11 is 0. The summed E-state index contributed by atoms with van der Waals surface area (Å²) in [7, 11) is 3.88. The first-order chi connectivity index (χ1) is 13.7. The van der Waals surface area contributed by atoms with E-state index in [0.29, 0.717) is 6.04 Å². The van der Waals surface area contributed by atoms with Crippen molar-refractivity contribution in [2.45, 2.75) is 38.6 Å². The van der Waals surface area contributed by atoms with Crippen molar-refractivity contribution in [2.75, 3.05) is 30.9 Å². The van der Waals surface area contributed by atoms with Crippen LogP contribution < -0.4 is 15.0 Å². The lowest BCUT2D eigenvalue weighted by atomic mass is 9.92. The normalized spacial score (nSPS) is 14.4. The second-order valence-corrected chi connectivity index (χ2v) is 7.68. The molecule has 28 heavy (non-hydrogen) atoms. The highest BCUT2D eigenvalue weighted by molar-refractivity contribution is 5.94. The minimum Gasteiger partial charge on any atom is -0.497 e. The Morgan fingerprint density at radius 1 is 1.11 bits per heavy atom. The lowest BCUT2D eigenvalue weighted by molar-refractivity contribution is 0.415. The first kappa shape index (κ1) is 18.6. The number of benzene rings is 2. The van der Waals surface area contributed by atoms with Crippen molar-refractivity contribution in [3.8, 4) is 5.75 Å². The molecule has 2 aromatic carbocycles. The van der Waals surface area contributed by atoms with Crippen LogP contribution in [0, 0.1) is 0 Å². The molecule has 3 aromatic rings. The summed E-state index contributed by atoms with van der Waals surface area (Å²) in [5.74, 6) is 0.877. The van der Waals surface area contributed by atoms with Crippen molar-refractivity contribution in [3.05, 3.63) is 59.8 Å². The maximum absolute atomic E-state index is 5.48. The third-order valence-electron chi connectivity index (χ3n) is 5.87. The summed E-state index contributed by atoms with van der Waals surface area (Å²) in [5, 5.41) is 4.94. The Morgan fingerprint density at radius 3 is 2.68 bits per heavy atom. The van der Waals surface area contributed by atoms with Crippen molar-refractivity contribution in [1.82, 2.24) is 4.98 Å². The third kappa shape index (κ3) is 3.64. The molecule has 1 N–H and O–H groups in total. The number of methoxy groups -OCH3 is 1. The Balaban J connectivity index is 1.65. The number of hydrogen-bond acceptors (Lipinski definition) is 4. The first-order valence-electron chi connectivity index (χ1n) is 10.2. The highest BCUT2D eigenvalue weighted by Crippen LogP contribution is 2.35. The van der Waals surface area contributed by atoms with Crippen LogP contribution in [0.4, 0.5) is 11.4 Å². The standard InChI is InChI=1S/C24H29N3O/c1-17(27(2)18-9-5-4-6-10-18)16-25-24-20-11-7-8-12-22(20)26-23-14-13-19(28-3)15-21(23)24/h4-6,9-10,13-15,17H,7-8,11-12,16H2,1-3H3,(H,25,26). The maximum Gasteiger partial charge on any atom is 0.119 e. The van der Waals surface area contributed by atoms with Gasteiger partial charge in [0.2, 0.25) is 0 Å². The van der Waals surface area contributed by atoms with Gasteiger partial charge in [0, 0.05) is 42.1 Å². The highest BCUT2D eigenvalue weighted by atomic mass is 16.5. The van der Waals surface area contributed by atoms with Crippen LogP contribution in [0.1, 0.15) is 31.0 Å². The lowest BCUT2D eigenvalue weighted by Gasteiger charge is -2.29. The number of nitrogens with one attached hydrogen (secondary N) is 1. The van der Waals surface area contributed by atoms with Crippen LogP contribution in [-0.4, -0.2) is 31.7 Å². The number of aryl methyl sites for hydroxylation is 1. The van der Waals surface area contributed by atoms with E-state index in [4.69, 9.17) is 9.72 Å². The topological polar surface area (TPSA) is 37.4 Å². The summed E-state index contributed by atoms with van der Waals surface area (Å²) < 4.78 is 5.48. The number of para-hydroxylation sites is 1. The number of anilines is 2. The number of fused-ring (bicyclic) bond motifs is 2. The van der Waals surface area contributed by atoms with E-state index in [1.807, 2.05) is 6.07 Å². The molecule has 4 heteroatoms. The average Bonchev–Trinajstić information content (AvgIpc) is 2.76. The summed E-state index contributed by atoms with van der Waals surface area (Å²) in [6.45, 7) is 3.13. The summed E-state index contributed by atoms with van der Waals surface area (Å²) in [6.07, 6.45) is 4.64. The Hall–Kier alpha value is -2.75. The van der Waals surface area contributed by atoms with E-state index in [9.17, 15) is 0 Å². The quantitative estimate of drug-likeness (QED) is 0.653. The molecule has 4 nitrogen and oxygen atoms in total. The lowest BCUT2D eigenvalue weighted by Crippen LogP contribution is -2.35. The summed E-state index contributed by atoms with van der Waals surface area (Å²) in [6, 6.07) is 17.1. The molecule has 0 aliphatic heterocycles. The van der Waals surface area contributed by atoms with Crippen molar-refractivity contribution < 1.29 is 4.74 Å². The average molecular weight is 376 g/mol. The largest absolute Gasteiger partial charge is 0.497 e. The van der Waals surface area contributed by atoms with Crippen LogP contribution in [0.5, 0.6) is 5.75 Å². The first-order valence-corrected chi connectivity index (χ1v) is 10.2. The van der Waals surface area contributed by atoms with Crippen LogP contribution >= 0.6 is 0 Å². The van der Waals surface area contributed by atoms with Crippen LogP contribution in [0.3, 0.4) is 0 Å². The molecule has 0 bridgehead atoms. The monoisotopic (exact) mass is 375 g/mol. The van der Waals surface area contributed by atoms with E-state index in [0.717, 1.165) is 36.0 Å². The fraction of sp³-hybridized carbons (Fsp3) is 0.375. The van der Waals surface area contributed by atoms with Gasteiger partial charge in [-0.15, -0.1) is 0 Å². The van der Waals surface area contributed by atoms with Gasteiger partial charge in [0.15, 0.2) is 0 Å². The molecule has 1 aliphatic carbocycles. The Morgan fingerprint density at radius 2 is 1.89 bits per heavy atom. The van der Waals surface area contributed by atoms with Gasteiger partial charge in [0.1, 0.15) is 5.75 Å². The summed E-state index contributed by atoms with van der Waals surface area (Å²) in [5.41, 5.74) is 6.18. The zero-order chi connectivity index (χ0) is 19.5. The number of ether oxygens (including phenoxy) is 1. The van der Waals surface area contributed by atoms with Gasteiger partial charge in [-0.2, -0.15) is 0 Å². The van der Waals surface area contributed by atoms with Gasteiger partial charge in [0.25, 0.3) is 0 Å². The molecule has 0 spiro atoms. The molecule has 146 valence electrons. The van der Waals surface area contributed by atoms with Crippen LogP contribution in [0.25, 0.3) is 10.9 Å². The third-order valence-corrected chi connectivity index (χ3v) is 5.87. The second kappa shape index (κ2) is 8.09. The Bertz CT molecular complexity index is 955. The molecule has 0 saturated heterocycles. The van der Waals surface area contributed by atoms with Gasteiger partial charge in [0.05, 0.1) is 12.6 Å². The fourth-order valence-corrected chi connectivity index (χ4v) is 4.04. The zero-order valence-electron chi connectivity index (χ0n) is 17.0. The van der Waals surface area contributed by atoms with E-state index in [-0.39, 0.29) is 0 Å². The van der Waals surface area contributed by atoms with Crippen LogP contribution in [0.2, 0.25) is 0 Å². The number of hydrogen-bond donors (Lipinski definition) is 1. The van der Waals surface area contributed by atoms with Gasteiger partial charge >= 0.3 is 0 Å². The zero-order valence-corrected chi connectivity index (χ0v) is 17.0. The van der Waals surface area contributed by atoms with Gasteiger partial charge in [-0.1, -0.05) is 18.2 Å². The van der Waals surface area contributed by atoms with Crippen LogP contribution in [-0.2, 0) is 12.8 Å². The van der Waals surface area contributed by atoms with E-state index in [1.54, 1.807) is 7.11 Å². The smallest absolute Gasteiger partial charge is 0.119 e. The van der Waals surface area contributed by atoms with Crippen molar-refractivity contribution in [3.63, 3.8) is 0 Å². The predicted octanol–water partition coefficient (Wildman–Crippen LogP) is 5.06. The molecular formula is C24H29N3O. The molecule has 0 radical (unpaired) electrons. The molecule has 1 atom stereocenters. The molecular weight excluding hydrogens is 346 g/mol. The van der Waals surface area contributed by atoms with Gasteiger partial charge in [-0.05, 0) is 68.5 Å². The number of aromatic nitrogens is 1. The molecule has 0 amide bonds. The van der Waals surface area contributed by atoms with E-state index in [1.165, 1.54) is 35.5 Å². The highest BCUT2D eigenvalue weighted by Gasteiger charge is 2.19. The predicted molar refractivity (Wildman–Crippen MR) is 118 cm³/mol. The maximum atomic E-state index is 5.48. The van der Waals surface area contributed by atoms with Crippen molar-refractivity contribution in [1.29, 1.82) is 0 Å². The molecule has 1 aliphatic rings. The number of rotatable bonds is 6. The van der Waals surface area contributed by atoms with Crippen molar-refractivity contribution >= 4 is 22.3 Å². The van der Waals surface area contributed by atoms with E-state index < -0.39 is 0 Å². The second-order valence-electron chi connectivity index (χ2n) is 7.68. The molecule has 0 fully saturated rings. The molecule has 1 heterocycles. The van der Waals surface area contributed by atoms with Gasteiger partial charge in [-0.25, -0.2) is 0 Å². The Labute approximate surface area is 167 Å². The number of likely N-dealkylation sites (N-methyl/N-ethyl adjacent to an activating group) is 1. The minimum atomic E-state index is 0.357. The number of pyridine rings is 1. The molecule has 0 saturated carbocycles. The van der Waals surface area contributed by atoms with Crippen molar-refractivity contribution in [2.24, 2.45) is 0 Å². The Kier molecular flexibility index (Phi) is 5.38. The van der Waals surface area contributed by atoms with Crippen LogP contribution in [0.15, 0.2) is 48.5 Å². The summed E-state index contributed by atoms with van der Waals surface area (Å²) in [4.78, 5) is 7.28. The molecule has 4 rings (SSSR count). The molecule has 1 aromatic heterocycles.